The van der Waals surface area contributed by atoms with Crippen LogP contribution in [0.1, 0.15) is 50.3 Å². The Labute approximate surface area is 190 Å². The summed E-state index contributed by atoms with van der Waals surface area (Å²) in [4.78, 5) is 4.63. The second-order valence-electron chi connectivity index (χ2n) is 8.54. The van der Waals surface area contributed by atoms with Crippen LogP contribution < -0.4 is 11.1 Å². The lowest BCUT2D eigenvalue weighted by atomic mass is 9.91. The lowest BCUT2D eigenvalue weighted by Crippen LogP contribution is -2.42. The van der Waals surface area contributed by atoms with Crippen molar-refractivity contribution >= 4 is 11.5 Å². The molecule has 0 saturated heterocycles. The maximum absolute atomic E-state index is 13.8. The van der Waals surface area contributed by atoms with Gasteiger partial charge >= 0.3 is 0 Å². The van der Waals surface area contributed by atoms with Crippen molar-refractivity contribution in [2.24, 2.45) is 5.73 Å². The molecule has 5 rings (SSSR count). The number of halogens is 2. The molecule has 0 radical (unpaired) electrons. The summed E-state index contributed by atoms with van der Waals surface area (Å²) in [5, 5.41) is 12.1. The Balaban J connectivity index is 1.47. The number of aryl methyl sites for hydroxylation is 1. The number of rotatable bonds is 6. The standard InChI is InChI=1S/C24H27F2N7/c1-2-15-7-9-16(10-8-15)33-14-17(23(31-33)24(25)26)20-13-22-29-21(11-12-32(22)30-20)28-19-6-4-3-5-18(19)27/h7-14,18-19,24H,2-6,27H2,1H3,(H,28,29). The first-order valence-electron chi connectivity index (χ1n) is 11.4. The van der Waals surface area contributed by atoms with Crippen LogP contribution in [0.3, 0.4) is 0 Å². The summed E-state index contributed by atoms with van der Waals surface area (Å²) in [5.41, 5.74) is 9.10. The van der Waals surface area contributed by atoms with E-state index in [0.29, 0.717) is 22.7 Å². The number of nitrogens with zero attached hydrogens (tertiary/aromatic N) is 5. The van der Waals surface area contributed by atoms with E-state index >= 15 is 0 Å². The van der Waals surface area contributed by atoms with Gasteiger partial charge < -0.3 is 11.1 Å². The zero-order chi connectivity index (χ0) is 22.9. The Hall–Kier alpha value is -3.33. The molecule has 3 aromatic heterocycles. The number of anilines is 1. The van der Waals surface area contributed by atoms with E-state index in [0.717, 1.165) is 37.8 Å². The van der Waals surface area contributed by atoms with Crippen molar-refractivity contribution in [3.8, 4) is 16.9 Å². The third-order valence-electron chi connectivity index (χ3n) is 6.31. The highest BCUT2D eigenvalue weighted by Gasteiger charge is 2.24. The van der Waals surface area contributed by atoms with Crippen LogP contribution in [-0.2, 0) is 6.42 Å². The molecule has 1 aliphatic carbocycles. The molecule has 4 aromatic rings. The number of nitrogens with one attached hydrogen (secondary N) is 1. The van der Waals surface area contributed by atoms with E-state index in [4.69, 9.17) is 5.73 Å². The first-order chi connectivity index (χ1) is 16.0. The topological polar surface area (TPSA) is 86.1 Å². The quantitative estimate of drug-likeness (QED) is 0.441. The average molecular weight is 452 g/mol. The average Bonchev–Trinajstić information content (AvgIpc) is 3.45. The third kappa shape index (κ3) is 4.32. The highest BCUT2D eigenvalue weighted by molar-refractivity contribution is 5.67. The van der Waals surface area contributed by atoms with Crippen molar-refractivity contribution in [1.82, 2.24) is 24.4 Å². The van der Waals surface area contributed by atoms with Crippen LogP contribution in [0, 0.1) is 0 Å². The van der Waals surface area contributed by atoms with Gasteiger partial charge in [0.15, 0.2) is 5.65 Å². The summed E-state index contributed by atoms with van der Waals surface area (Å²) in [6.07, 6.45) is 5.87. The summed E-state index contributed by atoms with van der Waals surface area (Å²) < 4.78 is 30.7. The number of hydrogen-bond donors (Lipinski definition) is 2. The van der Waals surface area contributed by atoms with E-state index in [9.17, 15) is 8.78 Å². The SMILES string of the molecule is CCc1ccc(-n2cc(-c3cc4nc(NC5CCCCC5N)ccn4n3)c(C(F)F)n2)cc1. The number of nitrogens with two attached hydrogens (primary N) is 1. The van der Waals surface area contributed by atoms with Gasteiger partial charge in [-0.05, 0) is 43.0 Å². The molecular weight excluding hydrogens is 424 g/mol. The minimum atomic E-state index is -2.72. The minimum Gasteiger partial charge on any atom is -0.366 e. The lowest BCUT2D eigenvalue weighted by Gasteiger charge is -2.29. The van der Waals surface area contributed by atoms with Crippen LogP contribution in [0.4, 0.5) is 14.6 Å². The Morgan fingerprint density at radius 2 is 1.91 bits per heavy atom. The van der Waals surface area contributed by atoms with E-state index in [2.05, 4.69) is 27.4 Å². The van der Waals surface area contributed by atoms with Crippen molar-refractivity contribution in [2.75, 3.05) is 5.32 Å². The molecule has 2 unspecified atom stereocenters. The first-order valence-corrected chi connectivity index (χ1v) is 11.4. The fraction of sp³-hybridized carbons (Fsp3) is 0.375. The molecule has 3 N–H and O–H groups in total. The molecule has 7 nitrogen and oxygen atoms in total. The van der Waals surface area contributed by atoms with Crippen molar-refractivity contribution in [3.63, 3.8) is 0 Å². The second-order valence-corrected chi connectivity index (χ2v) is 8.54. The Morgan fingerprint density at radius 1 is 1.12 bits per heavy atom. The molecule has 0 aliphatic heterocycles. The Bertz CT molecular complexity index is 1250. The van der Waals surface area contributed by atoms with Gasteiger partial charge in [-0.25, -0.2) is 23.0 Å². The van der Waals surface area contributed by atoms with E-state index in [-0.39, 0.29) is 17.8 Å². The van der Waals surface area contributed by atoms with Gasteiger partial charge in [0.05, 0.1) is 11.4 Å². The van der Waals surface area contributed by atoms with Gasteiger partial charge in [0, 0.05) is 36.1 Å². The molecule has 9 heteroatoms. The van der Waals surface area contributed by atoms with E-state index in [1.807, 2.05) is 30.3 Å². The van der Waals surface area contributed by atoms with E-state index in [1.165, 1.54) is 10.2 Å². The molecule has 1 fully saturated rings. The van der Waals surface area contributed by atoms with Gasteiger partial charge in [-0.15, -0.1) is 0 Å². The molecule has 172 valence electrons. The zero-order valence-corrected chi connectivity index (χ0v) is 18.5. The fourth-order valence-electron chi connectivity index (χ4n) is 4.38. The van der Waals surface area contributed by atoms with Crippen molar-refractivity contribution in [2.45, 2.75) is 57.5 Å². The third-order valence-corrected chi connectivity index (χ3v) is 6.31. The van der Waals surface area contributed by atoms with Gasteiger partial charge in [-0.1, -0.05) is 31.9 Å². The molecule has 0 amide bonds. The predicted molar refractivity (Wildman–Crippen MR) is 124 cm³/mol. The van der Waals surface area contributed by atoms with Crippen molar-refractivity contribution in [1.29, 1.82) is 0 Å². The monoisotopic (exact) mass is 451 g/mol. The van der Waals surface area contributed by atoms with Crippen LogP contribution in [0.25, 0.3) is 22.6 Å². The van der Waals surface area contributed by atoms with Crippen molar-refractivity contribution < 1.29 is 8.78 Å². The molecule has 3 heterocycles. The van der Waals surface area contributed by atoms with Crippen LogP contribution in [0.15, 0.2) is 48.8 Å². The fourth-order valence-corrected chi connectivity index (χ4v) is 4.38. The summed E-state index contributed by atoms with van der Waals surface area (Å²) in [7, 11) is 0. The molecule has 1 aromatic carbocycles. The molecule has 2 atom stereocenters. The van der Waals surface area contributed by atoms with E-state index < -0.39 is 6.43 Å². The normalized spacial score (nSPS) is 18.8. The van der Waals surface area contributed by atoms with Crippen molar-refractivity contribution in [3.05, 3.63) is 60.0 Å². The molecule has 33 heavy (non-hydrogen) atoms. The lowest BCUT2D eigenvalue weighted by molar-refractivity contribution is 0.146. The summed E-state index contributed by atoms with van der Waals surface area (Å²) in [6.45, 7) is 2.07. The van der Waals surface area contributed by atoms with Crippen LogP contribution in [0.2, 0.25) is 0 Å². The number of benzene rings is 1. The molecular formula is C24H27F2N7. The molecule has 1 aliphatic rings. The summed E-state index contributed by atoms with van der Waals surface area (Å²) in [6, 6.07) is 11.5. The van der Waals surface area contributed by atoms with Gasteiger partial charge in [-0.2, -0.15) is 10.2 Å². The van der Waals surface area contributed by atoms with Crippen LogP contribution in [0.5, 0.6) is 0 Å². The predicted octanol–water partition coefficient (Wildman–Crippen LogP) is 4.76. The summed E-state index contributed by atoms with van der Waals surface area (Å²) in [5.74, 6) is 0.706. The number of aromatic nitrogens is 5. The largest absolute Gasteiger partial charge is 0.366 e. The molecule has 1 saturated carbocycles. The molecule has 0 bridgehead atoms. The van der Waals surface area contributed by atoms with Gasteiger partial charge in [0.1, 0.15) is 11.5 Å². The van der Waals surface area contributed by atoms with Gasteiger partial charge in [-0.3, -0.25) is 0 Å². The zero-order valence-electron chi connectivity index (χ0n) is 18.5. The van der Waals surface area contributed by atoms with Gasteiger partial charge in [0.2, 0.25) is 0 Å². The molecule has 0 spiro atoms. The highest BCUT2D eigenvalue weighted by Crippen LogP contribution is 2.31. The smallest absolute Gasteiger partial charge is 0.282 e. The van der Waals surface area contributed by atoms with Crippen LogP contribution >= 0.6 is 0 Å². The van der Waals surface area contributed by atoms with E-state index in [1.54, 1.807) is 23.0 Å². The first kappa shape index (κ1) is 21.5. The number of hydrogen-bond acceptors (Lipinski definition) is 5. The second kappa shape index (κ2) is 8.90. The highest BCUT2D eigenvalue weighted by atomic mass is 19.3. The minimum absolute atomic E-state index is 0.100. The maximum Gasteiger partial charge on any atom is 0.282 e. The number of fused-ring (bicyclic) bond motifs is 1. The maximum atomic E-state index is 13.8. The summed E-state index contributed by atoms with van der Waals surface area (Å²) >= 11 is 0. The Kier molecular flexibility index (Phi) is 5.80. The van der Waals surface area contributed by atoms with Crippen LogP contribution in [-0.4, -0.2) is 36.5 Å². The number of alkyl halides is 2. The van der Waals surface area contributed by atoms with Gasteiger partial charge in [0.25, 0.3) is 6.43 Å². The Morgan fingerprint density at radius 3 is 2.64 bits per heavy atom.